The molecule has 1 N–H and O–H groups in total. The van der Waals surface area contributed by atoms with Crippen LogP contribution in [0.1, 0.15) is 92.8 Å². The third-order valence-corrected chi connectivity index (χ3v) is 7.18. The highest BCUT2D eigenvalue weighted by atomic mass is 16.4. The van der Waals surface area contributed by atoms with Crippen molar-refractivity contribution in [3.05, 3.63) is 64.0 Å². The summed E-state index contributed by atoms with van der Waals surface area (Å²) in [7, 11) is 0. The summed E-state index contributed by atoms with van der Waals surface area (Å²) < 4.78 is 0. The highest BCUT2D eigenvalue weighted by Gasteiger charge is 2.38. The molecule has 4 rings (SSSR count). The molecule has 5 nitrogen and oxygen atoms in total. The maximum absolute atomic E-state index is 12.1. The van der Waals surface area contributed by atoms with Crippen LogP contribution >= 0.6 is 0 Å². The third-order valence-electron chi connectivity index (χ3n) is 7.18. The molecule has 5 heteroatoms. The Labute approximate surface area is 183 Å². The Kier molecular flexibility index (Phi) is 5.11. The van der Waals surface area contributed by atoms with Crippen molar-refractivity contribution >= 4 is 17.3 Å². The minimum atomic E-state index is -0.704. The largest absolute Gasteiger partial charge is 0.410 e. The number of oxime groups is 1. The summed E-state index contributed by atoms with van der Waals surface area (Å²) in [6, 6.07) is 7.86. The van der Waals surface area contributed by atoms with Gasteiger partial charge >= 0.3 is 0 Å². The zero-order valence-corrected chi connectivity index (χ0v) is 19.0. The van der Waals surface area contributed by atoms with E-state index in [1.165, 1.54) is 11.1 Å². The normalized spacial score (nSPS) is 20.7. The van der Waals surface area contributed by atoms with Crippen molar-refractivity contribution in [3.8, 4) is 0 Å². The van der Waals surface area contributed by atoms with Gasteiger partial charge in [0, 0.05) is 24.6 Å². The van der Waals surface area contributed by atoms with Gasteiger partial charge in [-0.1, -0.05) is 45.0 Å². The molecule has 1 heterocycles. The van der Waals surface area contributed by atoms with Crippen LogP contribution in [0.15, 0.2) is 35.6 Å². The first-order chi connectivity index (χ1) is 14.5. The number of benzene rings is 1. The molecule has 2 aromatic rings. The minimum Gasteiger partial charge on any atom is -0.410 e. The Morgan fingerprint density at radius 2 is 1.58 bits per heavy atom. The van der Waals surface area contributed by atoms with E-state index in [4.69, 9.17) is 0 Å². The van der Waals surface area contributed by atoms with E-state index < -0.39 is 5.92 Å². The zero-order chi connectivity index (χ0) is 22.6. The average molecular weight is 419 g/mol. The number of nitrogens with zero attached hydrogens (tertiary/aromatic N) is 2. The van der Waals surface area contributed by atoms with Gasteiger partial charge in [0.2, 0.25) is 0 Å². The van der Waals surface area contributed by atoms with E-state index in [-0.39, 0.29) is 22.4 Å². The van der Waals surface area contributed by atoms with E-state index in [2.05, 4.69) is 50.0 Å². The molecule has 0 bridgehead atoms. The van der Waals surface area contributed by atoms with Gasteiger partial charge in [-0.2, -0.15) is 0 Å². The Hall–Kier alpha value is -2.82. The quantitative estimate of drug-likeness (QED) is 0.330. The molecule has 0 unspecified atom stereocenters. The molecule has 0 spiro atoms. The molecule has 162 valence electrons. The summed E-state index contributed by atoms with van der Waals surface area (Å²) in [4.78, 5) is 28.6. The second-order valence-corrected chi connectivity index (χ2v) is 10.3. The second-order valence-electron chi connectivity index (χ2n) is 10.3. The minimum absolute atomic E-state index is 0.0361. The number of ketones is 2. The van der Waals surface area contributed by atoms with E-state index in [0.29, 0.717) is 29.8 Å². The number of hydrogen-bond donors (Lipinski definition) is 1. The molecule has 2 aliphatic carbocycles. The number of aromatic nitrogens is 1. The van der Waals surface area contributed by atoms with Crippen LogP contribution in [0.5, 0.6) is 0 Å². The molecule has 0 atom stereocenters. The van der Waals surface area contributed by atoms with E-state index in [1.54, 1.807) is 18.3 Å². The Bertz CT molecular complexity index is 1080. The van der Waals surface area contributed by atoms with Gasteiger partial charge in [0.05, 0.1) is 5.69 Å². The fourth-order valence-corrected chi connectivity index (χ4v) is 5.02. The first-order valence-corrected chi connectivity index (χ1v) is 10.9. The van der Waals surface area contributed by atoms with Gasteiger partial charge in [-0.05, 0) is 65.0 Å². The monoisotopic (exact) mass is 418 g/mol. The summed E-state index contributed by atoms with van der Waals surface area (Å²) in [5.41, 5.74) is 6.17. The standard InChI is InChI=1S/C26H30N2O3/c1-15-12-18-19(26(4,5)11-10-25(18,2)3)13-17(15)24(28-31)20-7-6-16(14-27-20)23-21(29)8-9-22(23)30/h6-7,12-14,23,31H,8-11H2,1-5H3/b28-24-. The molecule has 1 fully saturated rings. The smallest absolute Gasteiger partial charge is 0.148 e. The van der Waals surface area contributed by atoms with Crippen molar-refractivity contribution < 1.29 is 14.8 Å². The molecule has 0 radical (unpaired) electrons. The van der Waals surface area contributed by atoms with E-state index >= 15 is 0 Å². The SMILES string of the molecule is Cc1cc2c(cc1/C(=N/O)c1ccc(C3C(=O)CCC3=O)cn1)C(C)(C)CCC2(C)C. The number of carbonyl (C=O) groups excluding carboxylic acids is 2. The van der Waals surface area contributed by atoms with Crippen LogP contribution in [0.2, 0.25) is 0 Å². The van der Waals surface area contributed by atoms with Crippen LogP contribution in [-0.4, -0.2) is 27.5 Å². The maximum Gasteiger partial charge on any atom is 0.148 e. The van der Waals surface area contributed by atoms with Crippen molar-refractivity contribution in [1.29, 1.82) is 0 Å². The average Bonchev–Trinajstić information content (AvgIpc) is 3.06. The zero-order valence-electron chi connectivity index (χ0n) is 19.0. The molecule has 0 saturated heterocycles. The topological polar surface area (TPSA) is 79.6 Å². The lowest BCUT2D eigenvalue weighted by Crippen LogP contribution is -2.34. The molecule has 31 heavy (non-hydrogen) atoms. The first kappa shape index (κ1) is 21.4. The number of hydrogen-bond acceptors (Lipinski definition) is 5. The molecule has 2 aliphatic rings. The lowest BCUT2D eigenvalue weighted by Gasteiger charge is -2.42. The number of pyridine rings is 1. The molecule has 0 aliphatic heterocycles. The van der Waals surface area contributed by atoms with Crippen molar-refractivity contribution in [1.82, 2.24) is 4.98 Å². The van der Waals surface area contributed by atoms with E-state index in [9.17, 15) is 14.8 Å². The predicted molar refractivity (Wildman–Crippen MR) is 120 cm³/mol. The summed E-state index contributed by atoms with van der Waals surface area (Å²) in [5, 5.41) is 13.5. The van der Waals surface area contributed by atoms with Crippen LogP contribution in [0.25, 0.3) is 0 Å². The van der Waals surface area contributed by atoms with Crippen LogP contribution in [-0.2, 0) is 20.4 Å². The maximum atomic E-state index is 12.1. The highest BCUT2D eigenvalue weighted by Crippen LogP contribution is 2.46. The fourth-order valence-electron chi connectivity index (χ4n) is 5.02. The van der Waals surface area contributed by atoms with Crippen molar-refractivity contribution in [3.63, 3.8) is 0 Å². The lowest BCUT2D eigenvalue weighted by molar-refractivity contribution is -0.123. The van der Waals surface area contributed by atoms with Crippen molar-refractivity contribution in [2.24, 2.45) is 5.16 Å². The summed E-state index contributed by atoms with van der Waals surface area (Å²) in [5.74, 6) is -0.804. The van der Waals surface area contributed by atoms with Gasteiger partial charge < -0.3 is 5.21 Å². The fraction of sp³-hybridized carbons (Fsp3) is 0.462. The lowest BCUT2D eigenvalue weighted by atomic mass is 9.62. The molecule has 0 amide bonds. The second kappa shape index (κ2) is 7.40. The number of fused-ring (bicyclic) bond motifs is 1. The molecular weight excluding hydrogens is 388 g/mol. The van der Waals surface area contributed by atoms with E-state index in [1.807, 2.05) is 6.92 Å². The van der Waals surface area contributed by atoms with Gasteiger partial charge in [-0.3, -0.25) is 14.6 Å². The van der Waals surface area contributed by atoms with Gasteiger partial charge in [-0.25, -0.2) is 0 Å². The Morgan fingerprint density at radius 1 is 1.00 bits per heavy atom. The highest BCUT2D eigenvalue weighted by molar-refractivity contribution is 6.14. The Morgan fingerprint density at radius 3 is 2.10 bits per heavy atom. The van der Waals surface area contributed by atoms with Crippen LogP contribution in [0, 0.1) is 6.92 Å². The summed E-state index contributed by atoms with van der Waals surface area (Å²) in [6.07, 6.45) is 4.39. The Balaban J connectivity index is 1.75. The van der Waals surface area contributed by atoms with Crippen LogP contribution in [0.3, 0.4) is 0 Å². The molecule has 1 aromatic carbocycles. The van der Waals surface area contributed by atoms with Gasteiger partial charge in [0.1, 0.15) is 23.2 Å². The summed E-state index contributed by atoms with van der Waals surface area (Å²) >= 11 is 0. The van der Waals surface area contributed by atoms with Gasteiger partial charge in [0.25, 0.3) is 0 Å². The predicted octanol–water partition coefficient (Wildman–Crippen LogP) is 4.98. The van der Waals surface area contributed by atoms with Crippen molar-refractivity contribution in [2.45, 2.75) is 77.0 Å². The third kappa shape index (κ3) is 3.60. The summed E-state index contributed by atoms with van der Waals surface area (Å²) in [6.45, 7) is 11.1. The number of rotatable bonds is 3. The van der Waals surface area contributed by atoms with Gasteiger partial charge in [0.15, 0.2) is 0 Å². The molecule has 1 saturated carbocycles. The van der Waals surface area contributed by atoms with E-state index in [0.717, 1.165) is 24.0 Å². The number of aryl methyl sites for hydroxylation is 1. The first-order valence-electron chi connectivity index (χ1n) is 10.9. The molecule has 1 aromatic heterocycles. The number of Topliss-reactive ketones (excluding diaryl/α,β-unsaturated/α-hetero) is 2. The van der Waals surface area contributed by atoms with Crippen molar-refractivity contribution in [2.75, 3.05) is 0 Å². The van der Waals surface area contributed by atoms with Crippen LogP contribution in [0.4, 0.5) is 0 Å². The number of carbonyl (C=O) groups is 2. The molecular formula is C26H30N2O3. The van der Waals surface area contributed by atoms with Gasteiger partial charge in [-0.15, -0.1) is 0 Å². The van der Waals surface area contributed by atoms with Crippen LogP contribution < -0.4 is 0 Å².